The van der Waals surface area contributed by atoms with Gasteiger partial charge in [0.25, 0.3) is 0 Å². The number of benzene rings is 1. The number of hydrogen-bond donors (Lipinski definition) is 1. The Morgan fingerprint density at radius 2 is 2.11 bits per heavy atom. The predicted molar refractivity (Wildman–Crippen MR) is 81.1 cm³/mol. The average Bonchev–Trinajstić information content (AvgIpc) is 2.33. The Kier molecular flexibility index (Phi) is 7.23. The maximum atomic E-state index is 6.08. The molecule has 1 N–H and O–H groups in total. The van der Waals surface area contributed by atoms with Crippen molar-refractivity contribution in [3.8, 4) is 0 Å². The first-order valence-electron chi connectivity index (χ1n) is 6.29. The first-order valence-corrected chi connectivity index (χ1v) is 7.46. The first-order chi connectivity index (χ1) is 8.54. The molecule has 1 aromatic carbocycles. The molecule has 0 amide bonds. The van der Waals surface area contributed by atoms with E-state index in [2.05, 4.69) is 41.2 Å². The topological polar surface area (TPSA) is 21.3 Å². The summed E-state index contributed by atoms with van der Waals surface area (Å²) in [7, 11) is 0. The number of halogens is 2. The number of nitrogens with one attached hydrogen (secondary N) is 1. The van der Waals surface area contributed by atoms with Crippen molar-refractivity contribution < 1.29 is 4.74 Å². The van der Waals surface area contributed by atoms with Gasteiger partial charge in [-0.05, 0) is 46.5 Å². The number of hydrogen-bond acceptors (Lipinski definition) is 2. The average molecular weight is 335 g/mol. The van der Waals surface area contributed by atoms with Crippen LogP contribution in [-0.2, 0) is 11.3 Å². The van der Waals surface area contributed by atoms with Gasteiger partial charge in [0, 0.05) is 23.7 Å². The summed E-state index contributed by atoms with van der Waals surface area (Å²) in [4.78, 5) is 0. The van der Waals surface area contributed by atoms with E-state index in [9.17, 15) is 0 Å². The number of rotatable bonds is 7. The molecule has 102 valence electrons. The summed E-state index contributed by atoms with van der Waals surface area (Å²) >= 11 is 9.47. The SMILES string of the molecule is CCOCC(NCc1ccc(Br)c(Cl)c1)C(C)C. The lowest BCUT2D eigenvalue weighted by Crippen LogP contribution is -2.37. The standard InChI is InChI=1S/C14H21BrClNO/c1-4-18-9-14(10(2)3)17-8-11-5-6-12(15)13(16)7-11/h5-7,10,14,17H,4,8-9H2,1-3H3. The zero-order valence-corrected chi connectivity index (χ0v) is 13.5. The van der Waals surface area contributed by atoms with E-state index in [0.717, 1.165) is 29.3 Å². The summed E-state index contributed by atoms with van der Waals surface area (Å²) in [5, 5.41) is 4.27. The van der Waals surface area contributed by atoms with Gasteiger partial charge in [0.1, 0.15) is 0 Å². The molecule has 0 aliphatic carbocycles. The highest BCUT2D eigenvalue weighted by atomic mass is 79.9. The highest BCUT2D eigenvalue weighted by Crippen LogP contribution is 2.23. The molecule has 0 saturated carbocycles. The lowest BCUT2D eigenvalue weighted by atomic mass is 10.0. The van der Waals surface area contributed by atoms with Crippen molar-refractivity contribution in [3.05, 3.63) is 33.3 Å². The minimum Gasteiger partial charge on any atom is -0.380 e. The molecule has 0 aliphatic heterocycles. The van der Waals surface area contributed by atoms with E-state index < -0.39 is 0 Å². The third-order valence-electron chi connectivity index (χ3n) is 2.86. The van der Waals surface area contributed by atoms with E-state index >= 15 is 0 Å². The maximum Gasteiger partial charge on any atom is 0.0622 e. The normalized spacial score (nSPS) is 13.0. The Bertz CT molecular complexity index is 371. The fraction of sp³-hybridized carbons (Fsp3) is 0.571. The van der Waals surface area contributed by atoms with Crippen molar-refractivity contribution in [2.75, 3.05) is 13.2 Å². The summed E-state index contributed by atoms with van der Waals surface area (Å²) in [6.45, 7) is 8.73. The smallest absolute Gasteiger partial charge is 0.0622 e. The molecule has 1 unspecified atom stereocenters. The number of ether oxygens (including phenoxy) is 1. The van der Waals surface area contributed by atoms with Crippen molar-refractivity contribution in [2.45, 2.75) is 33.4 Å². The predicted octanol–water partition coefficient (Wildman–Crippen LogP) is 4.25. The fourth-order valence-electron chi connectivity index (χ4n) is 1.63. The second-order valence-electron chi connectivity index (χ2n) is 4.64. The molecule has 1 rings (SSSR count). The molecule has 2 nitrogen and oxygen atoms in total. The molecule has 1 aromatic rings. The minimum atomic E-state index is 0.368. The van der Waals surface area contributed by atoms with Gasteiger partial charge in [-0.3, -0.25) is 0 Å². The summed E-state index contributed by atoms with van der Waals surface area (Å²) in [6, 6.07) is 6.40. The molecule has 0 fully saturated rings. The Morgan fingerprint density at radius 1 is 1.39 bits per heavy atom. The Labute approximate surface area is 123 Å². The van der Waals surface area contributed by atoms with Gasteiger partial charge in [-0.1, -0.05) is 31.5 Å². The van der Waals surface area contributed by atoms with Crippen molar-refractivity contribution >= 4 is 27.5 Å². The quantitative estimate of drug-likeness (QED) is 0.804. The molecule has 0 spiro atoms. The molecule has 0 bridgehead atoms. The van der Waals surface area contributed by atoms with Crippen LogP contribution in [0.5, 0.6) is 0 Å². The van der Waals surface area contributed by atoms with Crippen molar-refractivity contribution in [1.29, 1.82) is 0 Å². The highest BCUT2D eigenvalue weighted by Gasteiger charge is 2.12. The van der Waals surface area contributed by atoms with Gasteiger partial charge in [0.05, 0.1) is 11.6 Å². The van der Waals surface area contributed by atoms with Crippen LogP contribution in [0, 0.1) is 5.92 Å². The fourth-order valence-corrected chi connectivity index (χ4v) is 2.08. The van der Waals surface area contributed by atoms with E-state index in [4.69, 9.17) is 16.3 Å². The zero-order chi connectivity index (χ0) is 13.5. The largest absolute Gasteiger partial charge is 0.380 e. The van der Waals surface area contributed by atoms with Gasteiger partial charge in [-0.25, -0.2) is 0 Å². The van der Waals surface area contributed by atoms with E-state index in [0.29, 0.717) is 12.0 Å². The third-order valence-corrected chi connectivity index (χ3v) is 4.09. The van der Waals surface area contributed by atoms with Crippen LogP contribution in [0.15, 0.2) is 22.7 Å². The van der Waals surface area contributed by atoms with Gasteiger partial charge in [-0.2, -0.15) is 0 Å². The molecule has 1 atom stereocenters. The van der Waals surface area contributed by atoms with E-state index in [1.807, 2.05) is 19.1 Å². The third kappa shape index (κ3) is 5.27. The monoisotopic (exact) mass is 333 g/mol. The molecule has 0 aliphatic rings. The van der Waals surface area contributed by atoms with Crippen LogP contribution in [-0.4, -0.2) is 19.3 Å². The minimum absolute atomic E-state index is 0.368. The molecule has 0 aromatic heterocycles. The van der Waals surface area contributed by atoms with E-state index in [1.165, 1.54) is 5.56 Å². The van der Waals surface area contributed by atoms with Gasteiger partial charge >= 0.3 is 0 Å². The molecular formula is C14H21BrClNO. The van der Waals surface area contributed by atoms with Crippen LogP contribution in [0.2, 0.25) is 5.02 Å². The van der Waals surface area contributed by atoms with E-state index in [-0.39, 0.29) is 0 Å². The summed E-state index contributed by atoms with van der Waals surface area (Å²) in [5.74, 6) is 0.544. The van der Waals surface area contributed by atoms with Crippen LogP contribution in [0.3, 0.4) is 0 Å². The molecule has 4 heteroatoms. The summed E-state index contributed by atoms with van der Waals surface area (Å²) in [5.41, 5.74) is 1.19. The van der Waals surface area contributed by atoms with Crippen LogP contribution in [0.25, 0.3) is 0 Å². The molecular weight excluding hydrogens is 314 g/mol. The van der Waals surface area contributed by atoms with Crippen molar-refractivity contribution in [3.63, 3.8) is 0 Å². The first kappa shape index (κ1) is 16.0. The van der Waals surface area contributed by atoms with Gasteiger partial charge in [0.15, 0.2) is 0 Å². The van der Waals surface area contributed by atoms with Crippen molar-refractivity contribution in [2.24, 2.45) is 5.92 Å². The molecule has 0 saturated heterocycles. The molecule has 18 heavy (non-hydrogen) atoms. The Hall–Kier alpha value is -0.0900. The zero-order valence-electron chi connectivity index (χ0n) is 11.2. The summed E-state index contributed by atoms with van der Waals surface area (Å²) in [6.07, 6.45) is 0. The van der Waals surface area contributed by atoms with Crippen LogP contribution in [0.4, 0.5) is 0 Å². The van der Waals surface area contributed by atoms with Crippen LogP contribution in [0.1, 0.15) is 26.3 Å². The second kappa shape index (κ2) is 8.16. The molecule has 0 radical (unpaired) electrons. The van der Waals surface area contributed by atoms with Gasteiger partial charge < -0.3 is 10.1 Å². The second-order valence-corrected chi connectivity index (χ2v) is 5.90. The van der Waals surface area contributed by atoms with Crippen molar-refractivity contribution in [1.82, 2.24) is 5.32 Å². The van der Waals surface area contributed by atoms with Gasteiger partial charge in [-0.15, -0.1) is 0 Å². The Morgan fingerprint density at radius 3 is 2.67 bits per heavy atom. The lowest BCUT2D eigenvalue weighted by molar-refractivity contribution is 0.108. The summed E-state index contributed by atoms with van der Waals surface area (Å²) < 4.78 is 6.43. The molecule has 0 heterocycles. The van der Waals surface area contributed by atoms with Crippen LogP contribution < -0.4 is 5.32 Å². The van der Waals surface area contributed by atoms with E-state index in [1.54, 1.807) is 0 Å². The van der Waals surface area contributed by atoms with Crippen LogP contribution >= 0.6 is 27.5 Å². The highest BCUT2D eigenvalue weighted by molar-refractivity contribution is 9.10. The maximum absolute atomic E-state index is 6.08. The lowest BCUT2D eigenvalue weighted by Gasteiger charge is -2.22. The van der Waals surface area contributed by atoms with Gasteiger partial charge in [0.2, 0.25) is 0 Å². The Balaban J connectivity index is 2.52.